The molecule has 30 heavy (non-hydrogen) atoms. The number of hydrogen-bond donors (Lipinski definition) is 2. The Morgan fingerprint density at radius 3 is 2.47 bits per heavy atom. The van der Waals surface area contributed by atoms with Crippen molar-refractivity contribution in [3.8, 4) is 5.75 Å². The van der Waals surface area contributed by atoms with Crippen LogP contribution in [0.1, 0.15) is 11.1 Å². The molecular formula is C24H27Cl2N3O. The van der Waals surface area contributed by atoms with E-state index in [1.54, 1.807) is 0 Å². The molecule has 4 rings (SSSR count). The van der Waals surface area contributed by atoms with E-state index in [9.17, 15) is 0 Å². The molecule has 6 heteroatoms. The first-order chi connectivity index (χ1) is 14.7. The maximum atomic E-state index is 6.32. The fourth-order valence-corrected chi connectivity index (χ4v) is 4.35. The van der Waals surface area contributed by atoms with Gasteiger partial charge in [0.05, 0.1) is 0 Å². The van der Waals surface area contributed by atoms with Gasteiger partial charge in [-0.15, -0.1) is 0 Å². The van der Waals surface area contributed by atoms with Gasteiger partial charge in [-0.05, 0) is 29.0 Å². The molecule has 1 aliphatic rings. The number of piperazine rings is 1. The third-order valence-corrected chi connectivity index (χ3v) is 6.26. The molecule has 1 fully saturated rings. The summed E-state index contributed by atoms with van der Waals surface area (Å²) in [5.41, 5.74) is 1.98. The van der Waals surface area contributed by atoms with Crippen molar-refractivity contribution in [2.75, 3.05) is 39.3 Å². The van der Waals surface area contributed by atoms with Gasteiger partial charge in [0.2, 0.25) is 0 Å². The van der Waals surface area contributed by atoms with Crippen LogP contribution in [-0.2, 0) is 13.2 Å². The first-order valence-corrected chi connectivity index (χ1v) is 11.2. The standard InChI is InChI=1S/C24H27Cl2N3O/c25-22-6-3-7-23(26)21(22)17-30-24-9-8-18-4-1-2-5-19(18)20(24)16-28-12-15-29-13-10-27-11-14-29/h1-9,27-28H,10-17H2. The van der Waals surface area contributed by atoms with Crippen molar-refractivity contribution in [2.24, 2.45) is 0 Å². The van der Waals surface area contributed by atoms with E-state index < -0.39 is 0 Å². The molecule has 0 bridgehead atoms. The number of rotatable bonds is 8. The van der Waals surface area contributed by atoms with E-state index in [4.69, 9.17) is 27.9 Å². The molecule has 0 aromatic heterocycles. The molecule has 0 saturated carbocycles. The lowest BCUT2D eigenvalue weighted by molar-refractivity contribution is 0.240. The van der Waals surface area contributed by atoms with Crippen LogP contribution < -0.4 is 15.4 Å². The van der Waals surface area contributed by atoms with Crippen LogP contribution in [-0.4, -0.2) is 44.2 Å². The first kappa shape index (κ1) is 21.4. The topological polar surface area (TPSA) is 36.5 Å². The zero-order valence-electron chi connectivity index (χ0n) is 17.0. The molecule has 1 saturated heterocycles. The van der Waals surface area contributed by atoms with Crippen molar-refractivity contribution in [3.63, 3.8) is 0 Å². The molecule has 4 nitrogen and oxygen atoms in total. The number of fused-ring (bicyclic) bond motifs is 1. The highest BCUT2D eigenvalue weighted by molar-refractivity contribution is 6.35. The second kappa shape index (κ2) is 10.5. The molecular weight excluding hydrogens is 417 g/mol. The monoisotopic (exact) mass is 443 g/mol. The Hall–Kier alpha value is -1.82. The summed E-state index contributed by atoms with van der Waals surface area (Å²) >= 11 is 12.6. The smallest absolute Gasteiger partial charge is 0.124 e. The molecule has 158 valence electrons. The average molecular weight is 444 g/mol. The van der Waals surface area contributed by atoms with Gasteiger partial charge >= 0.3 is 0 Å². The molecule has 0 unspecified atom stereocenters. The van der Waals surface area contributed by atoms with Gasteiger partial charge in [-0.25, -0.2) is 0 Å². The van der Waals surface area contributed by atoms with E-state index in [2.05, 4.69) is 45.9 Å². The van der Waals surface area contributed by atoms with Crippen molar-refractivity contribution >= 4 is 34.0 Å². The Balaban J connectivity index is 1.48. The second-order valence-electron chi connectivity index (χ2n) is 7.52. The van der Waals surface area contributed by atoms with E-state index in [-0.39, 0.29) is 0 Å². The predicted molar refractivity (Wildman–Crippen MR) is 126 cm³/mol. The Kier molecular flexibility index (Phi) is 7.47. The zero-order valence-corrected chi connectivity index (χ0v) is 18.5. The second-order valence-corrected chi connectivity index (χ2v) is 8.34. The van der Waals surface area contributed by atoms with Crippen molar-refractivity contribution in [1.82, 2.24) is 15.5 Å². The summed E-state index contributed by atoms with van der Waals surface area (Å²) in [6.07, 6.45) is 0. The number of nitrogens with zero attached hydrogens (tertiary/aromatic N) is 1. The van der Waals surface area contributed by atoms with Crippen molar-refractivity contribution in [2.45, 2.75) is 13.2 Å². The number of nitrogens with one attached hydrogen (secondary N) is 2. The molecule has 0 spiro atoms. The lowest BCUT2D eigenvalue weighted by atomic mass is 10.0. The van der Waals surface area contributed by atoms with E-state index >= 15 is 0 Å². The highest BCUT2D eigenvalue weighted by Gasteiger charge is 2.13. The number of benzene rings is 3. The molecule has 3 aromatic rings. The van der Waals surface area contributed by atoms with Crippen molar-refractivity contribution < 1.29 is 4.74 Å². The number of ether oxygens (including phenoxy) is 1. The fraction of sp³-hybridized carbons (Fsp3) is 0.333. The Morgan fingerprint density at radius 2 is 1.67 bits per heavy atom. The van der Waals surface area contributed by atoms with E-state index in [1.165, 1.54) is 10.8 Å². The summed E-state index contributed by atoms with van der Waals surface area (Å²) in [6, 6.07) is 18.1. The molecule has 0 amide bonds. The summed E-state index contributed by atoms with van der Waals surface area (Å²) in [6.45, 7) is 7.46. The van der Waals surface area contributed by atoms with E-state index in [0.717, 1.165) is 62.7 Å². The fourth-order valence-electron chi connectivity index (χ4n) is 3.84. The molecule has 0 radical (unpaired) electrons. The molecule has 3 aromatic carbocycles. The van der Waals surface area contributed by atoms with Gasteiger partial charge in [-0.3, -0.25) is 4.90 Å². The van der Waals surface area contributed by atoms with Gasteiger partial charge in [0.1, 0.15) is 12.4 Å². The summed E-state index contributed by atoms with van der Waals surface area (Å²) in [7, 11) is 0. The largest absolute Gasteiger partial charge is 0.488 e. The normalized spacial score (nSPS) is 14.9. The number of halogens is 2. The van der Waals surface area contributed by atoms with Gasteiger partial charge < -0.3 is 15.4 Å². The maximum absolute atomic E-state index is 6.32. The maximum Gasteiger partial charge on any atom is 0.124 e. The van der Waals surface area contributed by atoms with Gasteiger partial charge in [0, 0.05) is 67.0 Å². The van der Waals surface area contributed by atoms with Crippen LogP contribution in [0.15, 0.2) is 54.6 Å². The molecule has 0 aliphatic carbocycles. The Labute approximate surface area is 188 Å². The van der Waals surface area contributed by atoms with Crippen LogP contribution in [0, 0.1) is 0 Å². The molecule has 1 heterocycles. The van der Waals surface area contributed by atoms with Crippen LogP contribution in [0.2, 0.25) is 10.0 Å². The van der Waals surface area contributed by atoms with Gasteiger partial charge in [0.15, 0.2) is 0 Å². The Morgan fingerprint density at radius 1 is 0.900 bits per heavy atom. The lowest BCUT2D eigenvalue weighted by Crippen LogP contribution is -2.45. The molecule has 0 atom stereocenters. The summed E-state index contributed by atoms with van der Waals surface area (Å²) in [5.74, 6) is 0.861. The van der Waals surface area contributed by atoms with Crippen LogP contribution in [0.3, 0.4) is 0 Å². The third kappa shape index (κ3) is 5.26. The SMILES string of the molecule is Clc1cccc(Cl)c1COc1ccc2ccccc2c1CNCCN1CCNCC1. The number of hydrogen-bond acceptors (Lipinski definition) is 4. The third-order valence-electron chi connectivity index (χ3n) is 5.55. The minimum atomic E-state index is 0.338. The predicted octanol–water partition coefficient (Wildman–Crippen LogP) is 4.72. The van der Waals surface area contributed by atoms with Crippen LogP contribution in [0.4, 0.5) is 0 Å². The zero-order chi connectivity index (χ0) is 20.8. The molecule has 2 N–H and O–H groups in total. The molecule has 1 aliphatic heterocycles. The minimum absolute atomic E-state index is 0.338. The first-order valence-electron chi connectivity index (χ1n) is 10.4. The van der Waals surface area contributed by atoms with E-state index in [0.29, 0.717) is 16.7 Å². The van der Waals surface area contributed by atoms with Gasteiger partial charge in [0.25, 0.3) is 0 Å². The Bertz CT molecular complexity index is 969. The minimum Gasteiger partial charge on any atom is -0.488 e. The van der Waals surface area contributed by atoms with Crippen molar-refractivity contribution in [3.05, 3.63) is 75.8 Å². The quantitative estimate of drug-likeness (QED) is 0.493. The highest BCUT2D eigenvalue weighted by atomic mass is 35.5. The van der Waals surface area contributed by atoms with Gasteiger partial charge in [-0.1, -0.05) is 59.6 Å². The average Bonchev–Trinajstić information content (AvgIpc) is 2.77. The summed E-state index contributed by atoms with van der Waals surface area (Å²) in [5, 5.41) is 10.7. The van der Waals surface area contributed by atoms with Crippen LogP contribution in [0.25, 0.3) is 10.8 Å². The lowest BCUT2D eigenvalue weighted by Gasteiger charge is -2.27. The highest BCUT2D eigenvalue weighted by Crippen LogP contribution is 2.31. The summed E-state index contributed by atoms with van der Waals surface area (Å²) in [4.78, 5) is 2.49. The van der Waals surface area contributed by atoms with Crippen molar-refractivity contribution in [1.29, 1.82) is 0 Å². The van der Waals surface area contributed by atoms with E-state index in [1.807, 2.05) is 24.3 Å². The van der Waals surface area contributed by atoms with Crippen LogP contribution in [0.5, 0.6) is 5.75 Å². The summed E-state index contributed by atoms with van der Waals surface area (Å²) < 4.78 is 6.21. The van der Waals surface area contributed by atoms with Crippen LogP contribution >= 0.6 is 23.2 Å². The van der Waals surface area contributed by atoms with Gasteiger partial charge in [-0.2, -0.15) is 0 Å².